The summed E-state index contributed by atoms with van der Waals surface area (Å²) >= 11 is 0. The van der Waals surface area contributed by atoms with Gasteiger partial charge in [0.05, 0.1) is 26.4 Å². The number of aliphatic hydroxyl groups excluding tert-OH is 2. The van der Waals surface area contributed by atoms with Crippen LogP contribution in [0.25, 0.3) is 0 Å². The maximum atomic E-state index is 13.8. The molecule has 0 radical (unpaired) electrons. The quantitative estimate of drug-likeness (QED) is 0.0549. The average Bonchev–Trinajstić information content (AvgIpc) is 3.06. The molecule has 0 unspecified atom stereocenters. The van der Waals surface area contributed by atoms with E-state index < -0.39 is 24.6 Å². The van der Waals surface area contributed by atoms with E-state index in [1.54, 1.807) is 0 Å². The Morgan fingerprint density at radius 1 is 0.457 bits per heavy atom. The number of esters is 2. The van der Waals surface area contributed by atoms with Gasteiger partial charge in [0.1, 0.15) is 12.3 Å². The molecule has 4 atom stereocenters. The highest BCUT2D eigenvalue weighted by Gasteiger charge is 2.18. The van der Waals surface area contributed by atoms with Crippen LogP contribution < -0.4 is 0 Å². The van der Waals surface area contributed by atoms with E-state index in [1.807, 2.05) is 0 Å². The number of rotatable bonds is 32. The molecule has 0 aliphatic rings. The van der Waals surface area contributed by atoms with E-state index in [2.05, 4.69) is 23.3 Å². The first-order valence-electron chi connectivity index (χ1n) is 19.0. The summed E-state index contributed by atoms with van der Waals surface area (Å²) in [5, 5.41) is 19.7. The normalized spacial score (nSPS) is 13.7. The van der Waals surface area contributed by atoms with Gasteiger partial charge in [0.2, 0.25) is 0 Å². The third-order valence-corrected chi connectivity index (χ3v) is 8.72. The predicted octanol–water partition coefficient (Wildman–Crippen LogP) is 10.7. The van der Waals surface area contributed by atoms with Crippen LogP contribution in [0, 0.1) is 0 Å². The minimum atomic E-state index is -1.08. The zero-order valence-electron chi connectivity index (χ0n) is 30.4. The summed E-state index contributed by atoms with van der Waals surface area (Å²) < 4.78 is 36.8. The van der Waals surface area contributed by atoms with Crippen LogP contribution in [0.1, 0.15) is 194 Å². The second kappa shape index (κ2) is 36.6. The van der Waals surface area contributed by atoms with Crippen molar-refractivity contribution in [2.75, 3.05) is 14.2 Å². The van der Waals surface area contributed by atoms with Gasteiger partial charge in [-0.3, -0.25) is 9.59 Å². The summed E-state index contributed by atoms with van der Waals surface area (Å²) in [5.41, 5.74) is 0. The van der Waals surface area contributed by atoms with Gasteiger partial charge in [-0.05, 0) is 38.5 Å². The zero-order valence-corrected chi connectivity index (χ0v) is 30.4. The van der Waals surface area contributed by atoms with E-state index in [0.717, 1.165) is 89.9 Å². The molecule has 0 bridgehead atoms. The molecule has 0 aliphatic carbocycles. The highest BCUT2D eigenvalue weighted by atomic mass is 19.1. The molecule has 0 saturated carbocycles. The van der Waals surface area contributed by atoms with E-state index in [-0.39, 0.29) is 11.9 Å². The Labute approximate surface area is 282 Å². The van der Waals surface area contributed by atoms with Gasteiger partial charge in [-0.25, -0.2) is 8.78 Å². The largest absolute Gasteiger partial charge is 0.469 e. The topological polar surface area (TPSA) is 93.1 Å². The molecular weight excluding hydrogens is 590 g/mol. The molecular formula is C38H74F2O6. The van der Waals surface area contributed by atoms with Gasteiger partial charge in [-0.2, -0.15) is 0 Å². The summed E-state index contributed by atoms with van der Waals surface area (Å²) in [4.78, 5) is 21.9. The lowest BCUT2D eigenvalue weighted by molar-refractivity contribution is -0.141. The van der Waals surface area contributed by atoms with Crippen molar-refractivity contribution in [3.05, 3.63) is 0 Å². The summed E-state index contributed by atoms with van der Waals surface area (Å²) in [5.74, 6) is -0.318. The molecule has 46 heavy (non-hydrogen) atoms. The van der Waals surface area contributed by atoms with Gasteiger partial charge in [-0.1, -0.05) is 142 Å². The van der Waals surface area contributed by atoms with Gasteiger partial charge in [-0.15, -0.1) is 0 Å². The summed E-state index contributed by atoms with van der Waals surface area (Å²) in [6.07, 6.45) is 22.5. The standard InChI is InChI=1S/2C19H37FO3/c1-3-4-5-6-9-12-15-18(21)17(20)14-11-8-7-10-13-16-19(22)23-2;1-3-4-5-6-8-11-14-17(20)18(21)15-12-9-7-10-13-16-19(22)23-2/h2*17-18,21H,3-16H2,1-2H3/t2*17-,18+/m01/s1. The SMILES string of the molecule is CCCCCCCC[C@@H](F)[C@@H](O)CCCCCCCC(=O)OC.CCCCCCCC[C@@H](O)[C@@H](F)CCCCCCCC(=O)OC. The van der Waals surface area contributed by atoms with Gasteiger partial charge < -0.3 is 19.7 Å². The Morgan fingerprint density at radius 2 is 0.717 bits per heavy atom. The average molecular weight is 665 g/mol. The monoisotopic (exact) mass is 665 g/mol. The molecule has 0 heterocycles. The second-order valence-corrected chi connectivity index (χ2v) is 13.0. The fraction of sp³-hybridized carbons (Fsp3) is 0.947. The second-order valence-electron chi connectivity index (χ2n) is 13.0. The number of unbranched alkanes of at least 4 members (excludes halogenated alkanes) is 18. The van der Waals surface area contributed by atoms with E-state index in [0.29, 0.717) is 38.5 Å². The first-order chi connectivity index (χ1) is 22.2. The fourth-order valence-electron chi connectivity index (χ4n) is 5.50. The molecule has 8 heteroatoms. The molecule has 0 saturated heterocycles. The molecule has 2 N–H and O–H groups in total. The van der Waals surface area contributed by atoms with E-state index in [9.17, 15) is 28.6 Å². The first kappa shape index (κ1) is 46.8. The Kier molecular flexibility index (Phi) is 37.2. The highest BCUT2D eigenvalue weighted by molar-refractivity contribution is 5.69. The number of carbonyl (C=O) groups excluding carboxylic acids is 2. The lowest BCUT2D eigenvalue weighted by Gasteiger charge is -2.15. The smallest absolute Gasteiger partial charge is 0.305 e. The van der Waals surface area contributed by atoms with E-state index in [1.165, 1.54) is 65.6 Å². The number of ether oxygens (including phenoxy) is 2. The summed E-state index contributed by atoms with van der Waals surface area (Å²) in [6.45, 7) is 4.38. The zero-order chi connectivity index (χ0) is 34.7. The number of hydrogen-bond acceptors (Lipinski definition) is 6. The van der Waals surface area contributed by atoms with Gasteiger partial charge in [0, 0.05) is 12.8 Å². The molecule has 0 rings (SSSR count). The molecule has 0 aliphatic heterocycles. The Balaban J connectivity index is 0. The molecule has 276 valence electrons. The van der Waals surface area contributed by atoms with Crippen LogP contribution in [0.15, 0.2) is 0 Å². The minimum absolute atomic E-state index is 0.157. The highest BCUT2D eigenvalue weighted by Crippen LogP contribution is 2.19. The van der Waals surface area contributed by atoms with Crippen LogP contribution in [-0.4, -0.2) is 60.9 Å². The summed E-state index contributed by atoms with van der Waals surface area (Å²) in [6, 6.07) is 0. The van der Waals surface area contributed by atoms with Gasteiger partial charge in [0.15, 0.2) is 0 Å². The van der Waals surface area contributed by atoms with Crippen LogP contribution in [0.2, 0.25) is 0 Å². The van der Waals surface area contributed by atoms with Crippen molar-refractivity contribution in [1.29, 1.82) is 0 Å². The lowest BCUT2D eigenvalue weighted by atomic mass is 10.0. The van der Waals surface area contributed by atoms with E-state index in [4.69, 9.17) is 0 Å². The predicted molar refractivity (Wildman–Crippen MR) is 186 cm³/mol. The number of carbonyl (C=O) groups is 2. The number of halogens is 2. The Hall–Kier alpha value is -1.28. The summed E-state index contributed by atoms with van der Waals surface area (Å²) in [7, 11) is 2.81. The number of methoxy groups -OCH3 is 2. The maximum Gasteiger partial charge on any atom is 0.305 e. The molecule has 0 aromatic rings. The maximum absolute atomic E-state index is 13.8. The van der Waals surface area contributed by atoms with Crippen molar-refractivity contribution in [2.45, 2.75) is 218 Å². The number of aliphatic hydroxyl groups is 2. The van der Waals surface area contributed by atoms with Crippen LogP contribution >= 0.6 is 0 Å². The van der Waals surface area contributed by atoms with Crippen molar-refractivity contribution in [1.82, 2.24) is 0 Å². The number of hydrogen-bond donors (Lipinski definition) is 2. The van der Waals surface area contributed by atoms with Crippen molar-refractivity contribution >= 4 is 11.9 Å². The van der Waals surface area contributed by atoms with Gasteiger partial charge in [0.25, 0.3) is 0 Å². The molecule has 0 amide bonds. The minimum Gasteiger partial charge on any atom is -0.469 e. The molecule has 0 aromatic carbocycles. The van der Waals surface area contributed by atoms with Crippen molar-refractivity contribution in [3.8, 4) is 0 Å². The Bertz CT molecular complexity index is 597. The van der Waals surface area contributed by atoms with Crippen molar-refractivity contribution < 1.29 is 38.1 Å². The van der Waals surface area contributed by atoms with Gasteiger partial charge >= 0.3 is 11.9 Å². The van der Waals surface area contributed by atoms with E-state index >= 15 is 0 Å². The third kappa shape index (κ3) is 34.1. The fourth-order valence-corrected chi connectivity index (χ4v) is 5.50. The van der Waals surface area contributed by atoms with Crippen LogP contribution in [0.4, 0.5) is 8.78 Å². The molecule has 0 aromatic heterocycles. The van der Waals surface area contributed by atoms with Crippen LogP contribution in [0.5, 0.6) is 0 Å². The third-order valence-electron chi connectivity index (χ3n) is 8.72. The molecule has 0 fully saturated rings. The Morgan fingerprint density at radius 3 is 1.02 bits per heavy atom. The van der Waals surface area contributed by atoms with Crippen molar-refractivity contribution in [3.63, 3.8) is 0 Å². The lowest BCUT2D eigenvalue weighted by Crippen LogP contribution is -2.21. The first-order valence-corrected chi connectivity index (χ1v) is 19.0. The van der Waals surface area contributed by atoms with Crippen LogP contribution in [0.3, 0.4) is 0 Å². The van der Waals surface area contributed by atoms with Crippen molar-refractivity contribution in [2.24, 2.45) is 0 Å². The number of alkyl halides is 2. The molecule has 6 nitrogen and oxygen atoms in total. The molecule has 0 spiro atoms. The van der Waals surface area contributed by atoms with Crippen LogP contribution in [-0.2, 0) is 19.1 Å².